The number of hydrogen-bond donors (Lipinski definition) is 0. The van der Waals surface area contributed by atoms with E-state index in [9.17, 15) is 29.2 Å². The third-order valence-corrected chi connectivity index (χ3v) is 11.4. The number of nitriles is 1. The molecule has 3 heterocycles. The van der Waals surface area contributed by atoms with Gasteiger partial charge in [-0.15, -0.1) is 0 Å². The van der Waals surface area contributed by atoms with Gasteiger partial charge in [0.1, 0.15) is 25.0 Å². The number of imide groups is 1. The van der Waals surface area contributed by atoms with Gasteiger partial charge in [0, 0.05) is 47.1 Å². The molecule has 59 heavy (non-hydrogen) atoms. The number of carbonyl (C=O) groups excluding carboxylic acids is 5. The summed E-state index contributed by atoms with van der Waals surface area (Å²) in [7, 11) is 0. The summed E-state index contributed by atoms with van der Waals surface area (Å²) in [6, 6.07) is 20.4. The first-order chi connectivity index (χ1) is 28.7. The molecule has 0 radical (unpaired) electrons. The maximum Gasteiger partial charge on any atom is 0.273 e. The maximum absolute atomic E-state index is 14.2. The topological polar surface area (TPSA) is 174 Å². The Morgan fingerprint density at radius 1 is 0.661 bits per heavy atom. The quantitative estimate of drug-likeness (QED) is 0.124. The van der Waals surface area contributed by atoms with Crippen molar-refractivity contribution in [2.24, 2.45) is 0 Å². The summed E-state index contributed by atoms with van der Waals surface area (Å²) in [6.45, 7) is 7.07. The van der Waals surface area contributed by atoms with E-state index < -0.39 is 11.8 Å². The van der Waals surface area contributed by atoms with E-state index in [4.69, 9.17) is 28.4 Å². The second kappa shape index (κ2) is 21.8. The number of morpholine rings is 2. The number of thioether (sulfide) groups is 2. The highest BCUT2D eigenvalue weighted by molar-refractivity contribution is 8.08. The summed E-state index contributed by atoms with van der Waals surface area (Å²) in [5.41, 5.74) is 1.31. The number of nitrogens with zero attached hydrogens (tertiary/aromatic N) is 4. The smallest absolute Gasteiger partial charge is 0.273 e. The normalized spacial score (nSPS) is 15.8. The van der Waals surface area contributed by atoms with Gasteiger partial charge in [-0.25, -0.2) is 4.90 Å². The van der Waals surface area contributed by atoms with E-state index in [0.717, 1.165) is 28.4 Å². The Bertz CT molecular complexity index is 1960. The van der Waals surface area contributed by atoms with Gasteiger partial charge >= 0.3 is 0 Å². The van der Waals surface area contributed by atoms with Crippen molar-refractivity contribution >= 4 is 58.6 Å². The second-order valence-electron chi connectivity index (χ2n) is 13.3. The van der Waals surface area contributed by atoms with Gasteiger partial charge in [0.15, 0.2) is 5.78 Å². The molecular weight excluding hydrogens is 801 g/mol. The lowest BCUT2D eigenvalue weighted by Crippen LogP contribution is -2.40. The van der Waals surface area contributed by atoms with Crippen LogP contribution in [0.15, 0.2) is 86.3 Å². The number of ketones is 1. The number of ether oxygens (including phenoxy) is 6. The average molecular weight is 845 g/mol. The summed E-state index contributed by atoms with van der Waals surface area (Å²) >= 11 is 2.22. The van der Waals surface area contributed by atoms with Crippen LogP contribution in [0.3, 0.4) is 0 Å². The number of rotatable bonds is 19. The Labute approximate surface area is 350 Å². The van der Waals surface area contributed by atoms with Gasteiger partial charge in [-0.2, -0.15) is 5.26 Å². The zero-order valence-corrected chi connectivity index (χ0v) is 34.2. The highest BCUT2D eigenvalue weighted by Gasteiger charge is 2.41. The van der Waals surface area contributed by atoms with Crippen LogP contribution in [-0.4, -0.2) is 138 Å². The molecule has 17 heteroatoms. The molecule has 0 N–H and O–H groups in total. The molecule has 3 aliphatic heterocycles. The lowest BCUT2D eigenvalue weighted by atomic mass is 10.2. The molecule has 3 aliphatic rings. The maximum atomic E-state index is 14.2. The number of amides is 4. The van der Waals surface area contributed by atoms with Crippen LogP contribution >= 0.6 is 23.5 Å². The van der Waals surface area contributed by atoms with Crippen LogP contribution in [0.5, 0.6) is 5.75 Å². The number of hydrogen-bond acceptors (Lipinski definition) is 14. The zero-order chi connectivity index (χ0) is 41.6. The molecule has 6 rings (SSSR count). The minimum Gasteiger partial charge on any atom is -0.490 e. The number of carbonyl (C=O) groups is 5. The highest BCUT2D eigenvalue weighted by Crippen LogP contribution is 2.44. The van der Waals surface area contributed by atoms with Crippen molar-refractivity contribution in [2.45, 2.75) is 16.7 Å². The SMILES string of the molecule is CC(=O)COCCOCCOCCOc1ccc(N2C(=O)C(Sc3ccc(C(=O)N4CCOCC4)cc3)=C(Sc3ccc(C(=O)N4CCOCC4)cc3)C2=O)cc1C#N. The summed E-state index contributed by atoms with van der Waals surface area (Å²) in [6.07, 6.45) is 0. The molecule has 3 aromatic rings. The first kappa shape index (κ1) is 43.5. The molecule has 310 valence electrons. The van der Waals surface area contributed by atoms with Gasteiger partial charge in [-0.1, -0.05) is 23.5 Å². The molecule has 15 nitrogen and oxygen atoms in total. The Morgan fingerprint density at radius 3 is 1.58 bits per heavy atom. The van der Waals surface area contributed by atoms with Crippen molar-refractivity contribution in [1.82, 2.24) is 9.80 Å². The van der Waals surface area contributed by atoms with Crippen LogP contribution in [0.2, 0.25) is 0 Å². The van der Waals surface area contributed by atoms with Gasteiger partial charge in [-0.05, 0) is 73.7 Å². The minimum absolute atomic E-state index is 0.0529. The molecule has 0 atom stereocenters. The van der Waals surface area contributed by atoms with Gasteiger partial charge in [0.25, 0.3) is 23.6 Å². The van der Waals surface area contributed by atoms with Crippen molar-refractivity contribution in [3.63, 3.8) is 0 Å². The summed E-state index contributed by atoms with van der Waals surface area (Å²) in [4.78, 5) is 71.6. The standard InChI is InChI=1S/C42H44N4O11S2/c1-29(47)28-56-23-22-54-20-21-55-24-25-57-36-11-6-33(26-32(36)27-43)46-41(50)37(58-34-7-2-30(3-8-34)39(48)44-12-16-52-17-13-44)38(42(46)51)59-35-9-4-31(5-10-35)40(49)45-14-18-53-19-15-45/h2-11,26H,12-25,28H2,1H3. The van der Waals surface area contributed by atoms with Crippen LogP contribution < -0.4 is 9.64 Å². The van der Waals surface area contributed by atoms with Crippen molar-refractivity contribution in [1.29, 1.82) is 5.26 Å². The Kier molecular flexibility index (Phi) is 16.1. The fraction of sp³-hybridized carbons (Fsp3) is 0.381. The lowest BCUT2D eigenvalue weighted by Gasteiger charge is -2.26. The predicted octanol–water partition coefficient (Wildman–Crippen LogP) is 4.19. The first-order valence-electron chi connectivity index (χ1n) is 19.1. The fourth-order valence-electron chi connectivity index (χ4n) is 6.11. The van der Waals surface area contributed by atoms with Crippen LogP contribution in [0.25, 0.3) is 0 Å². The fourth-order valence-corrected chi connectivity index (χ4v) is 8.09. The third-order valence-electron chi connectivity index (χ3n) is 9.12. The van der Waals surface area contributed by atoms with Crippen LogP contribution in [0.1, 0.15) is 33.2 Å². The monoisotopic (exact) mass is 844 g/mol. The van der Waals surface area contributed by atoms with Gasteiger partial charge < -0.3 is 38.2 Å². The summed E-state index contributed by atoms with van der Waals surface area (Å²) in [5, 5.41) is 10.0. The summed E-state index contributed by atoms with van der Waals surface area (Å²) in [5.74, 6) is -1.17. The Balaban J connectivity index is 1.14. The van der Waals surface area contributed by atoms with Gasteiger partial charge in [0.2, 0.25) is 0 Å². The molecule has 4 amide bonds. The molecule has 2 saturated heterocycles. The molecule has 0 bridgehead atoms. The second-order valence-corrected chi connectivity index (χ2v) is 15.5. The summed E-state index contributed by atoms with van der Waals surface area (Å²) < 4.78 is 32.6. The zero-order valence-electron chi connectivity index (χ0n) is 32.6. The van der Waals surface area contributed by atoms with Crippen LogP contribution in [-0.2, 0) is 38.1 Å². The van der Waals surface area contributed by atoms with E-state index in [1.807, 2.05) is 0 Å². The Morgan fingerprint density at radius 2 is 1.12 bits per heavy atom. The number of benzene rings is 3. The van der Waals surface area contributed by atoms with E-state index >= 15 is 0 Å². The molecule has 3 aromatic carbocycles. The highest BCUT2D eigenvalue weighted by atomic mass is 32.2. The molecule has 0 saturated carbocycles. The largest absolute Gasteiger partial charge is 0.490 e. The van der Waals surface area contributed by atoms with Gasteiger partial charge in [0.05, 0.1) is 80.5 Å². The first-order valence-corrected chi connectivity index (χ1v) is 20.7. The lowest BCUT2D eigenvalue weighted by molar-refractivity contribution is -0.122. The molecule has 0 unspecified atom stereocenters. The molecule has 0 aliphatic carbocycles. The van der Waals surface area contributed by atoms with Gasteiger partial charge in [-0.3, -0.25) is 24.0 Å². The number of Topliss-reactive ketones (excluding diaryl/α,β-unsaturated/α-hetero) is 1. The van der Waals surface area contributed by atoms with E-state index in [2.05, 4.69) is 6.07 Å². The van der Waals surface area contributed by atoms with Crippen molar-refractivity contribution in [3.8, 4) is 11.8 Å². The minimum atomic E-state index is -0.575. The van der Waals surface area contributed by atoms with E-state index in [1.54, 1.807) is 64.4 Å². The van der Waals surface area contributed by atoms with E-state index in [0.29, 0.717) is 100.0 Å². The molecule has 0 spiro atoms. The van der Waals surface area contributed by atoms with Crippen LogP contribution in [0.4, 0.5) is 5.69 Å². The Hall–Kier alpha value is -5.06. The number of anilines is 1. The van der Waals surface area contributed by atoms with Crippen molar-refractivity contribution < 1.29 is 52.4 Å². The molecule has 2 fully saturated rings. The van der Waals surface area contributed by atoms with Crippen molar-refractivity contribution in [2.75, 3.05) is 104 Å². The average Bonchev–Trinajstić information content (AvgIpc) is 3.49. The predicted molar refractivity (Wildman–Crippen MR) is 217 cm³/mol. The van der Waals surface area contributed by atoms with Crippen molar-refractivity contribution in [3.05, 3.63) is 93.2 Å². The third kappa shape index (κ3) is 11.8. The van der Waals surface area contributed by atoms with Crippen LogP contribution in [0, 0.1) is 11.3 Å². The molecular formula is C42H44N4O11S2. The van der Waals surface area contributed by atoms with E-state index in [-0.39, 0.29) is 64.2 Å². The molecule has 0 aromatic heterocycles. The van der Waals surface area contributed by atoms with E-state index in [1.165, 1.54) is 19.1 Å².